The van der Waals surface area contributed by atoms with Crippen LogP contribution >= 0.6 is 0 Å². The molecule has 0 radical (unpaired) electrons. The predicted molar refractivity (Wildman–Crippen MR) is 47.8 cm³/mol. The first-order valence-corrected chi connectivity index (χ1v) is 4.06. The summed E-state index contributed by atoms with van der Waals surface area (Å²) in [6, 6.07) is 5.79. The van der Waals surface area contributed by atoms with E-state index in [-0.39, 0.29) is 5.97 Å². The molecule has 0 saturated heterocycles. The van der Waals surface area contributed by atoms with Crippen molar-refractivity contribution in [2.75, 3.05) is 6.61 Å². The van der Waals surface area contributed by atoms with Crippen molar-refractivity contribution in [2.24, 2.45) is 0 Å². The Kier molecular flexibility index (Phi) is 3.70. The Balaban J connectivity index is 2.28. The monoisotopic (exact) mass is 178 g/mol. The van der Waals surface area contributed by atoms with E-state index in [0.717, 1.165) is 6.08 Å². The number of ether oxygens (including phenoxy) is 1. The van der Waals surface area contributed by atoms with E-state index in [2.05, 4.69) is 6.58 Å². The van der Waals surface area contributed by atoms with Gasteiger partial charge < -0.3 is 4.74 Å². The molecule has 68 valence electrons. The number of rotatable bonds is 4. The molecule has 1 aromatic heterocycles. The molecule has 3 heteroatoms. The summed E-state index contributed by atoms with van der Waals surface area (Å²) in [5.41, 5.74) is 0. The molecule has 1 aromatic rings. The Labute approximate surface area is 77.3 Å². The molecule has 0 bridgehead atoms. The average Bonchev–Trinajstić information content (AvgIpc) is 2.19. The highest BCUT2D eigenvalue weighted by Gasteiger charge is 1.99. The zero-order valence-corrected chi connectivity index (χ0v) is 7.35. The van der Waals surface area contributed by atoms with Gasteiger partial charge in [-0.2, -0.15) is 0 Å². The number of nitrogens with zero attached hydrogens (tertiary/aromatic N) is 1. The fraction of sp³-hybridized carbons (Fsp3) is 0.200. The van der Waals surface area contributed by atoms with E-state index in [1.807, 2.05) is 35.2 Å². The first-order chi connectivity index (χ1) is 6.33. The van der Waals surface area contributed by atoms with Gasteiger partial charge in [0, 0.05) is 18.2 Å². The fourth-order valence-electron chi connectivity index (χ4n) is 0.894. The van der Waals surface area contributed by atoms with Gasteiger partial charge in [-0.25, -0.2) is 9.36 Å². The second-order valence-corrected chi connectivity index (χ2v) is 2.48. The topological polar surface area (TPSA) is 30.2 Å². The van der Waals surface area contributed by atoms with Gasteiger partial charge >= 0.3 is 5.97 Å². The quantitative estimate of drug-likeness (QED) is 0.386. The molecule has 0 N–H and O–H groups in total. The first-order valence-electron chi connectivity index (χ1n) is 4.06. The number of carbonyl (C=O) groups is 1. The second-order valence-electron chi connectivity index (χ2n) is 2.48. The highest BCUT2D eigenvalue weighted by molar-refractivity contribution is 5.81. The van der Waals surface area contributed by atoms with E-state index < -0.39 is 0 Å². The molecule has 0 atom stereocenters. The SMILES string of the molecule is C=CC(=O)OCC[n+]1ccccc1. The Morgan fingerprint density at radius 1 is 1.38 bits per heavy atom. The second kappa shape index (κ2) is 5.09. The van der Waals surface area contributed by atoms with Gasteiger partial charge in [0.05, 0.1) is 0 Å². The van der Waals surface area contributed by atoms with Crippen LogP contribution in [0.5, 0.6) is 0 Å². The van der Waals surface area contributed by atoms with E-state index in [4.69, 9.17) is 4.74 Å². The van der Waals surface area contributed by atoms with Crippen LogP contribution in [-0.2, 0) is 16.1 Å². The summed E-state index contributed by atoms with van der Waals surface area (Å²) in [4.78, 5) is 10.7. The molecular formula is C10H12NO2+. The summed E-state index contributed by atoms with van der Waals surface area (Å²) in [6.07, 6.45) is 5.00. The molecule has 3 nitrogen and oxygen atoms in total. The molecule has 0 fully saturated rings. The van der Waals surface area contributed by atoms with Crippen molar-refractivity contribution in [3.05, 3.63) is 43.2 Å². The highest BCUT2D eigenvalue weighted by atomic mass is 16.5. The summed E-state index contributed by atoms with van der Waals surface area (Å²) in [5.74, 6) is -0.378. The van der Waals surface area contributed by atoms with Crippen molar-refractivity contribution in [1.29, 1.82) is 0 Å². The normalized spacial score (nSPS) is 9.23. The Hall–Kier alpha value is -1.64. The van der Waals surface area contributed by atoms with Crippen LogP contribution in [0.1, 0.15) is 0 Å². The maximum absolute atomic E-state index is 10.7. The molecule has 0 amide bonds. The Morgan fingerprint density at radius 2 is 2.08 bits per heavy atom. The molecule has 1 rings (SSSR count). The summed E-state index contributed by atoms with van der Waals surface area (Å²) in [6.45, 7) is 4.35. The van der Waals surface area contributed by atoms with E-state index in [0.29, 0.717) is 13.2 Å². The largest absolute Gasteiger partial charge is 0.456 e. The van der Waals surface area contributed by atoms with Gasteiger partial charge in [-0.1, -0.05) is 12.6 Å². The van der Waals surface area contributed by atoms with Crippen LogP contribution in [0, 0.1) is 0 Å². The standard InChI is InChI=1S/C10H12NO2/c1-2-10(12)13-9-8-11-6-4-3-5-7-11/h2-7H,1,8-9H2/q+1. The van der Waals surface area contributed by atoms with Crippen molar-refractivity contribution in [3.8, 4) is 0 Å². The smallest absolute Gasteiger partial charge is 0.330 e. The Bertz CT molecular complexity index is 282. The van der Waals surface area contributed by atoms with Gasteiger partial charge in [-0.3, -0.25) is 0 Å². The van der Waals surface area contributed by atoms with Crippen LogP contribution < -0.4 is 4.57 Å². The Morgan fingerprint density at radius 3 is 2.69 bits per heavy atom. The molecule has 13 heavy (non-hydrogen) atoms. The number of aromatic nitrogens is 1. The van der Waals surface area contributed by atoms with Crippen molar-refractivity contribution >= 4 is 5.97 Å². The van der Waals surface area contributed by atoms with Gasteiger partial charge in [0.1, 0.15) is 0 Å². The van der Waals surface area contributed by atoms with Crippen molar-refractivity contribution < 1.29 is 14.1 Å². The van der Waals surface area contributed by atoms with E-state index in [1.165, 1.54) is 0 Å². The predicted octanol–water partition coefficient (Wildman–Crippen LogP) is 0.703. The van der Waals surface area contributed by atoms with Gasteiger partial charge in [0.2, 0.25) is 0 Å². The van der Waals surface area contributed by atoms with Gasteiger partial charge in [-0.05, 0) is 0 Å². The number of esters is 1. The number of hydrogen-bond acceptors (Lipinski definition) is 2. The molecule has 0 saturated carbocycles. The zero-order chi connectivity index (χ0) is 9.52. The van der Waals surface area contributed by atoms with Crippen molar-refractivity contribution in [3.63, 3.8) is 0 Å². The van der Waals surface area contributed by atoms with Crippen LogP contribution in [-0.4, -0.2) is 12.6 Å². The molecule has 0 spiro atoms. The van der Waals surface area contributed by atoms with Crippen LogP contribution in [0.3, 0.4) is 0 Å². The fourth-order valence-corrected chi connectivity index (χ4v) is 0.894. The number of pyridine rings is 1. The van der Waals surface area contributed by atoms with E-state index in [9.17, 15) is 4.79 Å². The third-order valence-corrected chi connectivity index (χ3v) is 1.54. The lowest BCUT2D eigenvalue weighted by Crippen LogP contribution is -2.35. The maximum Gasteiger partial charge on any atom is 0.330 e. The number of carbonyl (C=O) groups excluding carboxylic acids is 1. The minimum Gasteiger partial charge on any atom is -0.456 e. The zero-order valence-electron chi connectivity index (χ0n) is 7.35. The average molecular weight is 178 g/mol. The van der Waals surface area contributed by atoms with Gasteiger partial charge in [0.15, 0.2) is 25.5 Å². The molecule has 0 aliphatic heterocycles. The van der Waals surface area contributed by atoms with Crippen molar-refractivity contribution in [1.82, 2.24) is 0 Å². The lowest BCUT2D eigenvalue weighted by molar-refractivity contribution is -0.697. The molecule has 1 heterocycles. The van der Waals surface area contributed by atoms with Crippen LogP contribution in [0.25, 0.3) is 0 Å². The maximum atomic E-state index is 10.7. The van der Waals surface area contributed by atoms with Gasteiger partial charge in [0.25, 0.3) is 0 Å². The molecule has 0 aliphatic rings. The lowest BCUT2D eigenvalue weighted by Gasteiger charge is -1.97. The van der Waals surface area contributed by atoms with Crippen LogP contribution in [0.15, 0.2) is 43.2 Å². The van der Waals surface area contributed by atoms with Crippen LogP contribution in [0.4, 0.5) is 0 Å². The van der Waals surface area contributed by atoms with Crippen molar-refractivity contribution in [2.45, 2.75) is 6.54 Å². The third kappa shape index (κ3) is 3.51. The molecule has 0 aliphatic carbocycles. The minimum absolute atomic E-state index is 0.375. The third-order valence-electron chi connectivity index (χ3n) is 1.54. The highest BCUT2D eigenvalue weighted by Crippen LogP contribution is 1.81. The molecule has 0 aromatic carbocycles. The molecule has 0 unspecified atom stereocenters. The first kappa shape index (κ1) is 9.45. The summed E-state index contributed by atoms with van der Waals surface area (Å²) in [7, 11) is 0. The molecular weight excluding hydrogens is 166 g/mol. The number of hydrogen-bond donors (Lipinski definition) is 0. The summed E-state index contributed by atoms with van der Waals surface area (Å²) in [5, 5.41) is 0. The van der Waals surface area contributed by atoms with Crippen LogP contribution in [0.2, 0.25) is 0 Å². The minimum atomic E-state index is -0.378. The lowest BCUT2D eigenvalue weighted by atomic mass is 10.5. The van der Waals surface area contributed by atoms with E-state index >= 15 is 0 Å². The van der Waals surface area contributed by atoms with Gasteiger partial charge in [-0.15, -0.1) is 0 Å². The summed E-state index contributed by atoms with van der Waals surface area (Å²) < 4.78 is 6.76. The summed E-state index contributed by atoms with van der Waals surface area (Å²) >= 11 is 0. The van der Waals surface area contributed by atoms with E-state index in [1.54, 1.807) is 0 Å².